The molecule has 0 radical (unpaired) electrons. The smallest absolute Gasteiger partial charge is 0.231 e. The third kappa shape index (κ3) is 5.27. The van der Waals surface area contributed by atoms with E-state index in [9.17, 15) is 9.59 Å². The van der Waals surface area contributed by atoms with Crippen LogP contribution in [-0.2, 0) is 9.59 Å². The van der Waals surface area contributed by atoms with Crippen LogP contribution in [0.2, 0.25) is 0 Å². The molecule has 0 spiro atoms. The van der Waals surface area contributed by atoms with E-state index in [1.54, 1.807) is 45.5 Å². The van der Waals surface area contributed by atoms with E-state index in [0.29, 0.717) is 72.6 Å². The summed E-state index contributed by atoms with van der Waals surface area (Å²) in [5.41, 5.74) is 2.34. The van der Waals surface area contributed by atoms with Gasteiger partial charge in [0, 0.05) is 44.4 Å². The van der Waals surface area contributed by atoms with Gasteiger partial charge in [0.05, 0.1) is 46.1 Å². The summed E-state index contributed by atoms with van der Waals surface area (Å²) >= 11 is 0. The largest absolute Gasteiger partial charge is 0.495 e. The summed E-state index contributed by atoms with van der Waals surface area (Å²) in [4.78, 5) is 34.0. The molecule has 3 heterocycles. The molecule has 0 bridgehead atoms. The maximum atomic E-state index is 14.4. The first-order chi connectivity index (χ1) is 21.5. The molecule has 2 saturated heterocycles. The van der Waals surface area contributed by atoms with Gasteiger partial charge in [-0.05, 0) is 48.4 Å². The number of piperazine rings is 1. The molecule has 2 amide bonds. The van der Waals surface area contributed by atoms with Crippen LogP contribution in [0, 0.1) is 5.92 Å². The van der Waals surface area contributed by atoms with Crippen LogP contribution in [0.25, 0.3) is 0 Å². The lowest BCUT2D eigenvalue weighted by molar-refractivity contribution is -0.138. The van der Waals surface area contributed by atoms with Crippen LogP contribution in [0.5, 0.6) is 34.5 Å². The van der Waals surface area contributed by atoms with Crippen molar-refractivity contribution in [1.29, 1.82) is 0 Å². The number of fused-ring (bicyclic) bond motifs is 1. The van der Waals surface area contributed by atoms with Crippen LogP contribution in [0.4, 0.5) is 11.4 Å². The van der Waals surface area contributed by atoms with E-state index in [0.717, 1.165) is 11.4 Å². The molecule has 11 nitrogen and oxygen atoms in total. The molecule has 6 rings (SSSR count). The maximum Gasteiger partial charge on any atom is 0.231 e. The fourth-order valence-corrected chi connectivity index (χ4v) is 6.44. The Kier molecular flexibility index (Phi) is 8.28. The van der Waals surface area contributed by atoms with Crippen molar-refractivity contribution in [3.63, 3.8) is 0 Å². The average Bonchev–Trinajstić information content (AvgIpc) is 3.55. The topological polar surface area (TPSA) is 99.2 Å². The van der Waals surface area contributed by atoms with Gasteiger partial charge in [-0.3, -0.25) is 9.59 Å². The number of carbonyl (C=O) groups is 2. The third-order valence-corrected chi connectivity index (χ3v) is 8.59. The number of amides is 2. The molecule has 3 aliphatic heterocycles. The second kappa shape index (κ2) is 12.4. The van der Waals surface area contributed by atoms with Gasteiger partial charge in [-0.15, -0.1) is 0 Å². The number of nitrogens with zero attached hydrogens (tertiary/aromatic N) is 3. The fourth-order valence-electron chi connectivity index (χ4n) is 6.44. The van der Waals surface area contributed by atoms with Gasteiger partial charge in [0.2, 0.25) is 24.4 Å². The van der Waals surface area contributed by atoms with Gasteiger partial charge in [0.15, 0.2) is 23.0 Å². The average molecular weight is 604 g/mol. The van der Waals surface area contributed by atoms with Crippen LogP contribution < -0.4 is 38.2 Å². The number of hydrogen-bond acceptors (Lipinski definition) is 9. The van der Waals surface area contributed by atoms with Crippen molar-refractivity contribution < 1.29 is 38.0 Å². The predicted molar refractivity (Wildman–Crippen MR) is 163 cm³/mol. The van der Waals surface area contributed by atoms with E-state index in [1.807, 2.05) is 47.4 Å². The van der Waals surface area contributed by atoms with Crippen molar-refractivity contribution in [2.45, 2.75) is 18.9 Å². The quantitative estimate of drug-likeness (QED) is 0.374. The van der Waals surface area contributed by atoms with Crippen molar-refractivity contribution >= 4 is 23.2 Å². The van der Waals surface area contributed by atoms with Gasteiger partial charge in [-0.1, -0.05) is 12.1 Å². The minimum Gasteiger partial charge on any atom is -0.495 e. The van der Waals surface area contributed by atoms with Gasteiger partial charge in [-0.2, -0.15) is 0 Å². The van der Waals surface area contributed by atoms with Gasteiger partial charge in [0.1, 0.15) is 5.75 Å². The second-order valence-electron chi connectivity index (χ2n) is 10.8. The molecule has 0 unspecified atom stereocenters. The Morgan fingerprint density at radius 2 is 1.48 bits per heavy atom. The van der Waals surface area contributed by atoms with Crippen LogP contribution >= 0.6 is 0 Å². The zero-order chi connectivity index (χ0) is 30.8. The van der Waals surface area contributed by atoms with E-state index in [1.165, 1.54) is 0 Å². The van der Waals surface area contributed by atoms with Crippen molar-refractivity contribution in [3.8, 4) is 34.5 Å². The van der Waals surface area contributed by atoms with E-state index in [4.69, 9.17) is 28.4 Å². The Hall–Kier alpha value is -4.80. The number of methoxy groups -OCH3 is 4. The highest BCUT2D eigenvalue weighted by molar-refractivity contribution is 5.98. The highest BCUT2D eigenvalue weighted by Gasteiger charge is 2.44. The van der Waals surface area contributed by atoms with Crippen molar-refractivity contribution in [2.75, 3.05) is 71.2 Å². The van der Waals surface area contributed by atoms with Crippen LogP contribution in [0.1, 0.15) is 24.4 Å². The fraction of sp³-hybridized carbons (Fsp3) is 0.394. The monoisotopic (exact) mass is 603 g/mol. The molecule has 2 fully saturated rings. The van der Waals surface area contributed by atoms with Crippen molar-refractivity contribution in [1.82, 2.24) is 4.90 Å². The van der Waals surface area contributed by atoms with Crippen molar-refractivity contribution in [3.05, 3.63) is 60.2 Å². The first kappa shape index (κ1) is 29.3. The molecule has 0 N–H and O–H groups in total. The molecule has 3 aliphatic rings. The van der Waals surface area contributed by atoms with Gasteiger partial charge >= 0.3 is 0 Å². The standard InChI is InChI=1S/C33H37N3O8/c1-39-25-8-6-5-7-24(25)34-13-15-35(16-14-34)33(38)23-10-12-30(37)36(22-9-11-26-27(19-22)44-20-43-26)31(23)21-17-28(40-2)32(42-4)29(18-21)41-3/h5-9,11,17-19,23,31H,10,12-16,20H2,1-4H3/t23-,31-/m1/s1. The maximum absolute atomic E-state index is 14.4. The number of para-hydroxylation sites is 2. The summed E-state index contributed by atoms with van der Waals surface area (Å²) in [7, 11) is 6.30. The zero-order valence-electron chi connectivity index (χ0n) is 25.4. The lowest BCUT2D eigenvalue weighted by Crippen LogP contribution is -2.54. The number of piperidine rings is 1. The molecule has 11 heteroatoms. The first-order valence-corrected chi connectivity index (χ1v) is 14.7. The SMILES string of the molecule is COc1ccccc1N1CCN(C(=O)[C@@H]2CCC(=O)N(c3ccc4c(c3)OCO4)[C@@H]2c2cc(OC)c(OC)c(OC)c2)CC1. The Morgan fingerprint density at radius 3 is 2.16 bits per heavy atom. The van der Waals surface area contributed by atoms with E-state index in [2.05, 4.69) is 4.90 Å². The summed E-state index contributed by atoms with van der Waals surface area (Å²) in [6, 6.07) is 16.3. The van der Waals surface area contributed by atoms with Gasteiger partial charge < -0.3 is 43.1 Å². The minimum atomic E-state index is -0.634. The summed E-state index contributed by atoms with van der Waals surface area (Å²) in [5, 5.41) is 0. The van der Waals surface area contributed by atoms with E-state index >= 15 is 0 Å². The molecule has 3 aromatic rings. The molecule has 44 heavy (non-hydrogen) atoms. The number of carbonyl (C=O) groups excluding carboxylic acids is 2. The number of rotatable bonds is 8. The lowest BCUT2D eigenvalue weighted by atomic mass is 9.82. The summed E-state index contributed by atoms with van der Waals surface area (Å²) in [6.07, 6.45) is 0.639. The number of anilines is 2. The third-order valence-electron chi connectivity index (χ3n) is 8.59. The molecule has 232 valence electrons. The Bertz CT molecular complexity index is 1510. The first-order valence-electron chi connectivity index (χ1n) is 14.7. The summed E-state index contributed by atoms with van der Waals surface area (Å²) < 4.78 is 33.6. The molecule has 0 aliphatic carbocycles. The van der Waals surface area contributed by atoms with Gasteiger partial charge in [-0.25, -0.2) is 0 Å². The molecule has 0 aromatic heterocycles. The second-order valence-corrected chi connectivity index (χ2v) is 10.8. The Labute approximate surface area is 256 Å². The van der Waals surface area contributed by atoms with Crippen LogP contribution in [-0.4, -0.2) is 78.1 Å². The summed E-state index contributed by atoms with van der Waals surface area (Å²) in [6.45, 7) is 2.54. The molecule has 2 atom stereocenters. The van der Waals surface area contributed by atoms with Crippen LogP contribution in [0.3, 0.4) is 0 Å². The predicted octanol–water partition coefficient (Wildman–Crippen LogP) is 4.28. The molecule has 3 aromatic carbocycles. The number of benzene rings is 3. The molecular formula is C33H37N3O8. The number of ether oxygens (including phenoxy) is 6. The molecule has 0 saturated carbocycles. The van der Waals surface area contributed by atoms with E-state index < -0.39 is 12.0 Å². The molecular weight excluding hydrogens is 566 g/mol. The van der Waals surface area contributed by atoms with Crippen LogP contribution in [0.15, 0.2) is 54.6 Å². The van der Waals surface area contributed by atoms with E-state index in [-0.39, 0.29) is 25.0 Å². The number of hydrogen-bond donors (Lipinski definition) is 0. The Balaban J connectivity index is 1.36. The Morgan fingerprint density at radius 1 is 0.795 bits per heavy atom. The lowest BCUT2D eigenvalue weighted by Gasteiger charge is -2.44. The normalized spacial score (nSPS) is 19.5. The highest BCUT2D eigenvalue weighted by Crippen LogP contribution is 2.48. The van der Waals surface area contributed by atoms with Gasteiger partial charge in [0.25, 0.3) is 0 Å². The summed E-state index contributed by atoms with van der Waals surface area (Å²) in [5.74, 6) is 2.70. The zero-order valence-corrected chi connectivity index (χ0v) is 25.4. The van der Waals surface area contributed by atoms with Crippen molar-refractivity contribution in [2.24, 2.45) is 5.92 Å². The minimum absolute atomic E-state index is 0.00155. The highest BCUT2D eigenvalue weighted by atomic mass is 16.7.